The summed E-state index contributed by atoms with van der Waals surface area (Å²) in [6, 6.07) is 0.0165. The van der Waals surface area contributed by atoms with Gasteiger partial charge in [-0.25, -0.2) is 0 Å². The summed E-state index contributed by atoms with van der Waals surface area (Å²) in [6.45, 7) is 3.88. The first-order valence-electron chi connectivity index (χ1n) is 6.06. The van der Waals surface area contributed by atoms with E-state index in [9.17, 15) is 5.11 Å². The number of hydrogen-bond acceptors (Lipinski definition) is 4. The van der Waals surface area contributed by atoms with Gasteiger partial charge in [0.15, 0.2) is 5.84 Å². The van der Waals surface area contributed by atoms with E-state index in [2.05, 4.69) is 10.1 Å². The van der Waals surface area contributed by atoms with Gasteiger partial charge in [-0.1, -0.05) is 12.1 Å². The molecule has 2 fully saturated rings. The van der Waals surface area contributed by atoms with Gasteiger partial charge in [0, 0.05) is 19.0 Å². The number of aliphatic hydroxyl groups excluding tert-OH is 1. The van der Waals surface area contributed by atoms with Crippen molar-refractivity contribution in [2.75, 3.05) is 13.1 Å². The monoisotopic (exact) mass is 227 g/mol. The van der Waals surface area contributed by atoms with Crippen LogP contribution in [0.5, 0.6) is 0 Å². The lowest BCUT2D eigenvalue weighted by Crippen LogP contribution is -2.44. The first kappa shape index (κ1) is 11.7. The Labute approximate surface area is 95.9 Å². The lowest BCUT2D eigenvalue weighted by Gasteiger charge is -2.26. The van der Waals surface area contributed by atoms with Crippen molar-refractivity contribution in [2.24, 2.45) is 22.7 Å². The van der Waals surface area contributed by atoms with Crippen LogP contribution in [0.25, 0.3) is 0 Å². The van der Waals surface area contributed by atoms with Crippen molar-refractivity contribution in [1.29, 1.82) is 0 Å². The van der Waals surface area contributed by atoms with E-state index in [1.54, 1.807) is 0 Å². The van der Waals surface area contributed by atoms with Crippen LogP contribution in [0, 0.1) is 11.8 Å². The fourth-order valence-corrected chi connectivity index (χ4v) is 3.25. The van der Waals surface area contributed by atoms with Gasteiger partial charge >= 0.3 is 0 Å². The lowest BCUT2D eigenvalue weighted by atomic mass is 10.00. The zero-order valence-electron chi connectivity index (χ0n) is 9.71. The molecule has 4 N–H and O–H groups in total. The predicted octanol–water partition coefficient (Wildman–Crippen LogP) is 0.214. The van der Waals surface area contributed by atoms with Crippen LogP contribution in [0.1, 0.15) is 26.2 Å². The molecule has 1 aliphatic carbocycles. The van der Waals surface area contributed by atoms with E-state index in [-0.39, 0.29) is 18.0 Å². The molecular formula is C11H21N3O2. The molecule has 0 aromatic carbocycles. The summed E-state index contributed by atoms with van der Waals surface area (Å²) in [5, 5.41) is 21.7. The van der Waals surface area contributed by atoms with Crippen molar-refractivity contribution in [3.05, 3.63) is 0 Å². The van der Waals surface area contributed by atoms with Crippen molar-refractivity contribution in [3.8, 4) is 0 Å². The number of oxime groups is 1. The van der Waals surface area contributed by atoms with Gasteiger partial charge < -0.3 is 16.0 Å². The first-order chi connectivity index (χ1) is 7.67. The van der Waals surface area contributed by atoms with Gasteiger partial charge in [-0.2, -0.15) is 0 Å². The average molecular weight is 227 g/mol. The van der Waals surface area contributed by atoms with Crippen LogP contribution in [0.2, 0.25) is 0 Å². The third kappa shape index (κ3) is 1.89. The normalized spacial score (nSPS) is 37.6. The second kappa shape index (κ2) is 4.59. The van der Waals surface area contributed by atoms with Crippen LogP contribution in [-0.4, -0.2) is 46.3 Å². The summed E-state index contributed by atoms with van der Waals surface area (Å²) in [5.41, 5.74) is 5.69. The Bertz CT molecular complexity index is 282. The van der Waals surface area contributed by atoms with E-state index in [0.29, 0.717) is 11.8 Å². The molecule has 2 rings (SSSR count). The Morgan fingerprint density at radius 1 is 1.50 bits per heavy atom. The SMILES string of the molecule is CCC(C(N)=NO)N1CC2CCC(O)C2C1. The van der Waals surface area contributed by atoms with Crippen LogP contribution in [0.3, 0.4) is 0 Å². The smallest absolute Gasteiger partial charge is 0.156 e. The molecule has 4 atom stereocenters. The van der Waals surface area contributed by atoms with E-state index < -0.39 is 0 Å². The Balaban J connectivity index is 2.02. The molecule has 1 saturated carbocycles. The molecule has 5 heteroatoms. The topological polar surface area (TPSA) is 82.1 Å². The average Bonchev–Trinajstić information content (AvgIpc) is 2.82. The van der Waals surface area contributed by atoms with E-state index in [1.165, 1.54) is 0 Å². The summed E-state index contributed by atoms with van der Waals surface area (Å²) in [4.78, 5) is 2.24. The van der Waals surface area contributed by atoms with Crippen molar-refractivity contribution in [3.63, 3.8) is 0 Å². The molecule has 4 unspecified atom stereocenters. The molecule has 0 radical (unpaired) electrons. The molecule has 1 aliphatic heterocycles. The van der Waals surface area contributed by atoms with Gasteiger partial charge in [0.25, 0.3) is 0 Å². The molecule has 5 nitrogen and oxygen atoms in total. The van der Waals surface area contributed by atoms with Crippen LogP contribution < -0.4 is 5.73 Å². The zero-order valence-corrected chi connectivity index (χ0v) is 9.71. The first-order valence-corrected chi connectivity index (χ1v) is 6.06. The van der Waals surface area contributed by atoms with Gasteiger partial charge in [0.05, 0.1) is 12.1 Å². The van der Waals surface area contributed by atoms with Crippen molar-refractivity contribution < 1.29 is 10.3 Å². The third-order valence-corrected chi connectivity index (χ3v) is 4.13. The van der Waals surface area contributed by atoms with Crippen LogP contribution >= 0.6 is 0 Å². The minimum absolute atomic E-state index is 0.0165. The molecule has 16 heavy (non-hydrogen) atoms. The number of nitrogens with two attached hydrogens (primary N) is 1. The van der Waals surface area contributed by atoms with Gasteiger partial charge in [-0.05, 0) is 25.2 Å². The molecule has 0 aromatic heterocycles. The van der Waals surface area contributed by atoms with E-state index >= 15 is 0 Å². The van der Waals surface area contributed by atoms with E-state index in [4.69, 9.17) is 10.9 Å². The Morgan fingerprint density at radius 2 is 2.25 bits per heavy atom. The van der Waals surface area contributed by atoms with E-state index in [0.717, 1.165) is 32.4 Å². The quantitative estimate of drug-likeness (QED) is 0.279. The highest BCUT2D eigenvalue weighted by Gasteiger charge is 2.43. The number of likely N-dealkylation sites (tertiary alicyclic amines) is 1. The van der Waals surface area contributed by atoms with Crippen LogP contribution in [-0.2, 0) is 0 Å². The van der Waals surface area contributed by atoms with Gasteiger partial charge in [0.2, 0.25) is 0 Å². The maximum Gasteiger partial charge on any atom is 0.156 e. The molecule has 1 saturated heterocycles. The fraction of sp³-hybridized carbons (Fsp3) is 0.909. The highest BCUT2D eigenvalue weighted by Crippen LogP contribution is 2.39. The molecule has 0 aromatic rings. The molecule has 0 bridgehead atoms. The third-order valence-electron chi connectivity index (χ3n) is 4.13. The molecule has 0 spiro atoms. The summed E-state index contributed by atoms with van der Waals surface area (Å²) in [6.07, 6.45) is 2.73. The largest absolute Gasteiger partial charge is 0.409 e. The Kier molecular flexibility index (Phi) is 3.35. The molecular weight excluding hydrogens is 206 g/mol. The lowest BCUT2D eigenvalue weighted by molar-refractivity contribution is 0.121. The minimum Gasteiger partial charge on any atom is -0.409 e. The number of amidine groups is 1. The minimum atomic E-state index is -0.153. The van der Waals surface area contributed by atoms with Gasteiger partial charge in [-0.3, -0.25) is 4.90 Å². The zero-order chi connectivity index (χ0) is 11.7. The maximum atomic E-state index is 9.83. The number of rotatable bonds is 3. The summed E-state index contributed by atoms with van der Waals surface area (Å²) < 4.78 is 0. The van der Waals surface area contributed by atoms with Crippen molar-refractivity contribution in [2.45, 2.75) is 38.3 Å². The number of aliphatic hydroxyl groups is 1. The summed E-state index contributed by atoms with van der Waals surface area (Å²) >= 11 is 0. The summed E-state index contributed by atoms with van der Waals surface area (Å²) in [7, 11) is 0. The Hall–Kier alpha value is -0.810. The van der Waals surface area contributed by atoms with Crippen LogP contribution in [0.4, 0.5) is 0 Å². The Morgan fingerprint density at radius 3 is 2.81 bits per heavy atom. The second-order valence-electron chi connectivity index (χ2n) is 4.97. The molecule has 0 amide bonds. The molecule has 2 aliphatic rings. The molecule has 1 heterocycles. The summed E-state index contributed by atoms with van der Waals surface area (Å²) in [5.74, 6) is 1.27. The molecule has 92 valence electrons. The number of hydrogen-bond donors (Lipinski definition) is 3. The number of fused-ring (bicyclic) bond motifs is 1. The van der Waals surface area contributed by atoms with Crippen LogP contribution in [0.15, 0.2) is 5.16 Å². The fourth-order valence-electron chi connectivity index (χ4n) is 3.25. The van der Waals surface area contributed by atoms with Gasteiger partial charge in [-0.15, -0.1) is 0 Å². The van der Waals surface area contributed by atoms with Crippen molar-refractivity contribution in [1.82, 2.24) is 4.90 Å². The van der Waals surface area contributed by atoms with Gasteiger partial charge in [0.1, 0.15) is 0 Å². The number of nitrogens with zero attached hydrogens (tertiary/aromatic N) is 2. The second-order valence-corrected chi connectivity index (χ2v) is 4.97. The van der Waals surface area contributed by atoms with Crippen molar-refractivity contribution >= 4 is 5.84 Å². The predicted molar refractivity (Wildman–Crippen MR) is 61.3 cm³/mol. The maximum absolute atomic E-state index is 9.83. The highest BCUT2D eigenvalue weighted by atomic mass is 16.4. The highest BCUT2D eigenvalue weighted by molar-refractivity contribution is 5.85. The van der Waals surface area contributed by atoms with E-state index in [1.807, 2.05) is 6.92 Å². The standard InChI is InChI=1S/C11H21N3O2/c1-2-9(11(12)13-16)14-5-7-3-4-10(15)8(7)6-14/h7-10,15-16H,2-6H2,1H3,(H2,12,13).